The van der Waals surface area contributed by atoms with E-state index >= 15 is 0 Å². The van der Waals surface area contributed by atoms with Gasteiger partial charge in [-0.3, -0.25) is 4.79 Å². The predicted octanol–water partition coefficient (Wildman–Crippen LogP) is 4.92. The smallest absolute Gasteiger partial charge is 0.159 e. The van der Waals surface area contributed by atoms with Crippen molar-refractivity contribution in [3.8, 4) is 0 Å². The largest absolute Gasteiger partial charge is 0.340 e. The van der Waals surface area contributed by atoms with Crippen molar-refractivity contribution in [2.24, 2.45) is 0 Å². The lowest BCUT2D eigenvalue weighted by Gasteiger charge is -2.20. The number of carbonyl (C=O) groups is 2. The fourth-order valence-electron chi connectivity index (χ4n) is 4.97. The van der Waals surface area contributed by atoms with Crippen molar-refractivity contribution in [2.45, 2.75) is 58.5 Å². The van der Waals surface area contributed by atoms with Crippen molar-refractivity contribution in [1.82, 2.24) is 9.47 Å². The zero-order valence-electron chi connectivity index (χ0n) is 17.7. The van der Waals surface area contributed by atoms with Crippen LogP contribution in [0.4, 0.5) is 0 Å². The summed E-state index contributed by atoms with van der Waals surface area (Å²) in [4.78, 5) is 25.6. The van der Waals surface area contributed by atoms with Crippen LogP contribution in [0.1, 0.15) is 54.1 Å². The number of aryl methyl sites for hydroxylation is 3. The van der Waals surface area contributed by atoms with Crippen molar-refractivity contribution in [1.29, 1.82) is 0 Å². The van der Waals surface area contributed by atoms with Gasteiger partial charge in [0.1, 0.15) is 6.29 Å². The SMILES string of the molecule is CC(=O)c1ccc2c(c1)c1c(CCC=O)c(C)ccc1n2CC[C@@H]1CCCN1C. The molecule has 0 spiro atoms. The monoisotopic (exact) mass is 390 g/mol. The first-order chi connectivity index (χ1) is 14.0. The Bertz CT molecular complexity index is 1080. The highest BCUT2D eigenvalue weighted by molar-refractivity contribution is 6.12. The maximum atomic E-state index is 12.0. The zero-order chi connectivity index (χ0) is 20.5. The molecule has 0 radical (unpaired) electrons. The third kappa shape index (κ3) is 3.62. The minimum absolute atomic E-state index is 0.0856. The van der Waals surface area contributed by atoms with E-state index in [9.17, 15) is 9.59 Å². The quantitative estimate of drug-likeness (QED) is 0.425. The van der Waals surface area contributed by atoms with Crippen LogP contribution in [0.3, 0.4) is 0 Å². The third-order valence-electron chi connectivity index (χ3n) is 6.65. The maximum absolute atomic E-state index is 12.0. The van der Waals surface area contributed by atoms with E-state index in [1.807, 2.05) is 12.1 Å². The van der Waals surface area contributed by atoms with Gasteiger partial charge in [0.15, 0.2) is 5.78 Å². The van der Waals surface area contributed by atoms with Crippen molar-refractivity contribution < 1.29 is 9.59 Å². The molecule has 1 fully saturated rings. The van der Waals surface area contributed by atoms with Gasteiger partial charge in [-0.15, -0.1) is 0 Å². The van der Waals surface area contributed by atoms with E-state index in [2.05, 4.69) is 41.6 Å². The number of rotatable bonds is 7. The number of Topliss-reactive ketones (excluding diaryl/α,β-unsaturated/α-hetero) is 1. The van der Waals surface area contributed by atoms with Crippen molar-refractivity contribution in [3.63, 3.8) is 0 Å². The van der Waals surface area contributed by atoms with Gasteiger partial charge in [-0.25, -0.2) is 0 Å². The molecule has 29 heavy (non-hydrogen) atoms. The molecule has 0 N–H and O–H groups in total. The molecule has 2 heterocycles. The number of aromatic nitrogens is 1. The van der Waals surface area contributed by atoms with E-state index in [4.69, 9.17) is 0 Å². The number of benzene rings is 2. The third-order valence-corrected chi connectivity index (χ3v) is 6.65. The van der Waals surface area contributed by atoms with E-state index in [0.29, 0.717) is 12.5 Å². The van der Waals surface area contributed by atoms with Crippen LogP contribution in [0.2, 0.25) is 0 Å². The van der Waals surface area contributed by atoms with Crippen molar-refractivity contribution in [3.05, 3.63) is 47.0 Å². The first kappa shape index (κ1) is 19.8. The van der Waals surface area contributed by atoms with Crippen LogP contribution in [-0.2, 0) is 17.8 Å². The van der Waals surface area contributed by atoms with Crippen LogP contribution in [0.25, 0.3) is 21.8 Å². The summed E-state index contributed by atoms with van der Waals surface area (Å²) in [5, 5.41) is 2.35. The number of hydrogen-bond donors (Lipinski definition) is 0. The Balaban J connectivity index is 1.88. The number of likely N-dealkylation sites (tertiary alicyclic amines) is 1. The lowest BCUT2D eigenvalue weighted by atomic mass is 9.97. The second-order valence-electron chi connectivity index (χ2n) is 8.47. The molecule has 152 valence electrons. The summed E-state index contributed by atoms with van der Waals surface area (Å²) in [7, 11) is 2.23. The van der Waals surface area contributed by atoms with Gasteiger partial charge in [0.25, 0.3) is 0 Å². The van der Waals surface area contributed by atoms with E-state index in [-0.39, 0.29) is 5.78 Å². The second kappa shape index (κ2) is 8.11. The molecule has 1 atom stereocenters. The van der Waals surface area contributed by atoms with Crippen LogP contribution >= 0.6 is 0 Å². The average Bonchev–Trinajstić information content (AvgIpc) is 3.26. The lowest BCUT2D eigenvalue weighted by molar-refractivity contribution is -0.107. The molecule has 0 aliphatic carbocycles. The van der Waals surface area contributed by atoms with Crippen LogP contribution in [0.5, 0.6) is 0 Å². The Morgan fingerprint density at radius 1 is 1.21 bits per heavy atom. The average molecular weight is 391 g/mol. The maximum Gasteiger partial charge on any atom is 0.159 e. The van der Waals surface area contributed by atoms with Gasteiger partial charge in [-0.05, 0) is 88.5 Å². The van der Waals surface area contributed by atoms with Gasteiger partial charge in [-0.2, -0.15) is 0 Å². The Kier molecular flexibility index (Phi) is 5.55. The van der Waals surface area contributed by atoms with E-state index in [1.54, 1.807) is 6.92 Å². The summed E-state index contributed by atoms with van der Waals surface area (Å²) in [6, 6.07) is 11.1. The van der Waals surface area contributed by atoms with Crippen LogP contribution < -0.4 is 0 Å². The van der Waals surface area contributed by atoms with Gasteiger partial charge in [0.2, 0.25) is 0 Å². The number of nitrogens with zero attached hydrogens (tertiary/aromatic N) is 2. The summed E-state index contributed by atoms with van der Waals surface area (Å²) >= 11 is 0. The molecule has 0 unspecified atom stereocenters. The topological polar surface area (TPSA) is 42.3 Å². The fraction of sp³-hybridized carbons (Fsp3) is 0.440. The van der Waals surface area contributed by atoms with Crippen LogP contribution in [-0.4, -0.2) is 41.2 Å². The molecular formula is C25H30N2O2. The Morgan fingerprint density at radius 3 is 2.69 bits per heavy atom. The predicted molar refractivity (Wildman–Crippen MR) is 119 cm³/mol. The Labute approximate surface area is 172 Å². The summed E-state index contributed by atoms with van der Waals surface area (Å²) in [5.74, 6) is 0.0856. The summed E-state index contributed by atoms with van der Waals surface area (Å²) in [6.45, 7) is 5.89. The Morgan fingerprint density at radius 2 is 2.00 bits per heavy atom. The van der Waals surface area contributed by atoms with E-state index in [0.717, 1.165) is 36.6 Å². The van der Waals surface area contributed by atoms with E-state index < -0.39 is 0 Å². The van der Waals surface area contributed by atoms with Gasteiger partial charge in [0, 0.05) is 46.4 Å². The van der Waals surface area contributed by atoms with E-state index in [1.165, 1.54) is 46.9 Å². The zero-order valence-corrected chi connectivity index (χ0v) is 17.7. The number of fused-ring (bicyclic) bond motifs is 3. The molecule has 1 saturated heterocycles. The summed E-state index contributed by atoms with van der Waals surface area (Å²) in [5.41, 5.74) is 5.59. The van der Waals surface area contributed by atoms with Crippen LogP contribution in [0, 0.1) is 6.92 Å². The number of ketones is 1. The second-order valence-corrected chi connectivity index (χ2v) is 8.47. The molecule has 0 saturated carbocycles. The molecular weight excluding hydrogens is 360 g/mol. The molecule has 0 bridgehead atoms. The molecule has 3 aromatic rings. The van der Waals surface area contributed by atoms with Gasteiger partial charge in [0.05, 0.1) is 0 Å². The lowest BCUT2D eigenvalue weighted by Crippen LogP contribution is -2.26. The van der Waals surface area contributed by atoms with Gasteiger partial charge >= 0.3 is 0 Å². The van der Waals surface area contributed by atoms with Crippen molar-refractivity contribution in [2.75, 3.05) is 13.6 Å². The Hall–Kier alpha value is -2.46. The summed E-state index contributed by atoms with van der Waals surface area (Å²) < 4.78 is 2.42. The van der Waals surface area contributed by atoms with Gasteiger partial charge in [-0.1, -0.05) is 6.07 Å². The van der Waals surface area contributed by atoms with Crippen molar-refractivity contribution >= 4 is 33.9 Å². The highest BCUT2D eigenvalue weighted by Gasteiger charge is 2.22. The first-order valence-corrected chi connectivity index (χ1v) is 10.7. The molecule has 0 amide bonds. The number of carbonyl (C=O) groups excluding carboxylic acids is 2. The highest BCUT2D eigenvalue weighted by Crippen LogP contribution is 2.35. The molecule has 4 heteroatoms. The molecule has 2 aromatic carbocycles. The summed E-state index contributed by atoms with van der Waals surface area (Å²) in [6.07, 6.45) is 5.93. The molecule has 1 aliphatic heterocycles. The minimum Gasteiger partial charge on any atom is -0.340 e. The molecule has 4 nitrogen and oxygen atoms in total. The number of aldehydes is 1. The fourth-order valence-corrected chi connectivity index (χ4v) is 4.97. The standard InChI is InChI=1S/C25H30N2O2/c1-17-8-10-24-25(21(17)7-5-15-28)22-16-19(18(2)29)9-11-23(22)27(24)14-12-20-6-4-13-26(20)3/h8-11,15-16,20H,4-7,12-14H2,1-3H3/t20-/m0/s1. The van der Waals surface area contributed by atoms with Crippen LogP contribution in [0.15, 0.2) is 30.3 Å². The first-order valence-electron chi connectivity index (χ1n) is 10.7. The molecule has 1 aromatic heterocycles. The molecule has 1 aliphatic rings. The highest BCUT2D eigenvalue weighted by atomic mass is 16.1. The normalized spacial score (nSPS) is 17.4. The van der Waals surface area contributed by atoms with Gasteiger partial charge < -0.3 is 14.3 Å². The minimum atomic E-state index is 0.0856. The molecule has 4 rings (SSSR count). The number of hydrogen-bond acceptors (Lipinski definition) is 3.